The van der Waals surface area contributed by atoms with Crippen molar-refractivity contribution in [3.8, 4) is 0 Å². The number of primary amides is 1. The number of hydrogen-bond donors (Lipinski definition) is 8. The summed E-state index contributed by atoms with van der Waals surface area (Å²) in [6.07, 6.45) is -0.431. The lowest BCUT2D eigenvalue weighted by Gasteiger charge is -2.26. The van der Waals surface area contributed by atoms with Gasteiger partial charge in [0.1, 0.15) is 23.7 Å². The molecular formula is C27H44N8O7. The maximum absolute atomic E-state index is 13.4. The smallest absolute Gasteiger partial charge is 0.408 e. The van der Waals surface area contributed by atoms with Crippen molar-refractivity contribution < 1.29 is 33.8 Å². The number of aliphatic imine (C=N–C) groups is 1. The molecule has 42 heavy (non-hydrogen) atoms. The van der Waals surface area contributed by atoms with Crippen LogP contribution in [0.2, 0.25) is 0 Å². The van der Waals surface area contributed by atoms with Crippen LogP contribution in [0.4, 0.5) is 9.59 Å². The van der Waals surface area contributed by atoms with E-state index in [-0.39, 0.29) is 38.3 Å². The molecule has 0 spiro atoms. The van der Waals surface area contributed by atoms with E-state index in [2.05, 4.69) is 26.3 Å². The SMILES string of the molecule is CC(C)(C)OC(=O)NC(CCCN=C(N)N)C(=O)NC(Cc1ccccc1)C(=O)NC(CCCCNC(=O)O)C(N)=O. The van der Waals surface area contributed by atoms with E-state index < -0.39 is 53.6 Å². The molecule has 0 heterocycles. The molecule has 0 aliphatic carbocycles. The van der Waals surface area contributed by atoms with Crippen molar-refractivity contribution in [3.05, 3.63) is 35.9 Å². The molecule has 234 valence electrons. The number of amides is 5. The van der Waals surface area contributed by atoms with Crippen LogP contribution in [0.1, 0.15) is 58.4 Å². The highest BCUT2D eigenvalue weighted by molar-refractivity contribution is 5.93. The Labute approximate surface area is 245 Å². The van der Waals surface area contributed by atoms with E-state index in [1.54, 1.807) is 51.1 Å². The number of carboxylic acid groups (broad SMARTS) is 1. The number of unbranched alkanes of at least 4 members (excludes halogenated alkanes) is 1. The first-order chi connectivity index (χ1) is 19.7. The maximum atomic E-state index is 13.4. The van der Waals surface area contributed by atoms with Gasteiger partial charge < -0.3 is 48.3 Å². The first-order valence-corrected chi connectivity index (χ1v) is 13.6. The van der Waals surface area contributed by atoms with Gasteiger partial charge in [-0.1, -0.05) is 30.3 Å². The van der Waals surface area contributed by atoms with E-state index in [0.29, 0.717) is 19.3 Å². The van der Waals surface area contributed by atoms with Crippen molar-refractivity contribution in [1.29, 1.82) is 0 Å². The Morgan fingerprint density at radius 2 is 1.45 bits per heavy atom. The van der Waals surface area contributed by atoms with Gasteiger partial charge in [0.05, 0.1) is 0 Å². The van der Waals surface area contributed by atoms with Crippen LogP contribution < -0.4 is 38.5 Å². The van der Waals surface area contributed by atoms with Gasteiger partial charge in [-0.25, -0.2) is 9.59 Å². The molecule has 3 unspecified atom stereocenters. The highest BCUT2D eigenvalue weighted by Gasteiger charge is 2.30. The normalized spacial score (nSPS) is 13.0. The fourth-order valence-corrected chi connectivity index (χ4v) is 3.78. The van der Waals surface area contributed by atoms with Crippen molar-refractivity contribution >= 4 is 35.9 Å². The summed E-state index contributed by atoms with van der Waals surface area (Å²) >= 11 is 0. The van der Waals surface area contributed by atoms with Crippen molar-refractivity contribution in [1.82, 2.24) is 21.3 Å². The molecule has 15 nitrogen and oxygen atoms in total. The number of nitrogens with zero attached hydrogens (tertiary/aromatic N) is 1. The Morgan fingerprint density at radius 1 is 0.857 bits per heavy atom. The van der Waals surface area contributed by atoms with Gasteiger partial charge in [0.2, 0.25) is 17.7 Å². The standard InChI is InChI=1S/C27H44N8O7/c1-27(2,3)42-26(41)35-19(13-9-15-31-24(29)30)22(37)34-20(16-17-10-5-4-6-11-17)23(38)33-18(21(28)36)12-7-8-14-32-25(39)40/h4-6,10-11,18-20,32H,7-9,12-16H2,1-3H3,(H2,28,36)(H,33,38)(H,34,37)(H,35,41)(H,39,40)(H4,29,30,31). The Bertz CT molecular complexity index is 1070. The average Bonchev–Trinajstić information content (AvgIpc) is 2.88. The van der Waals surface area contributed by atoms with E-state index >= 15 is 0 Å². The van der Waals surface area contributed by atoms with Gasteiger partial charge in [0.15, 0.2) is 5.96 Å². The molecule has 0 radical (unpaired) electrons. The van der Waals surface area contributed by atoms with E-state index in [1.165, 1.54) is 0 Å². The van der Waals surface area contributed by atoms with E-state index in [1.807, 2.05) is 0 Å². The molecule has 3 atom stereocenters. The van der Waals surface area contributed by atoms with Crippen molar-refractivity contribution in [2.45, 2.75) is 83.0 Å². The third-order valence-corrected chi connectivity index (χ3v) is 5.72. The average molecular weight is 593 g/mol. The van der Waals surface area contributed by atoms with Gasteiger partial charge >= 0.3 is 12.2 Å². The molecule has 5 amide bonds. The van der Waals surface area contributed by atoms with Crippen LogP contribution in [0.5, 0.6) is 0 Å². The third-order valence-electron chi connectivity index (χ3n) is 5.72. The quantitative estimate of drug-likeness (QED) is 0.0691. The number of rotatable bonds is 17. The fraction of sp³-hybridized carbons (Fsp3) is 0.556. The molecular weight excluding hydrogens is 548 g/mol. The van der Waals surface area contributed by atoms with Crippen LogP contribution >= 0.6 is 0 Å². The molecule has 0 bridgehead atoms. The largest absolute Gasteiger partial charge is 0.465 e. The lowest BCUT2D eigenvalue weighted by atomic mass is 10.0. The van der Waals surface area contributed by atoms with Gasteiger partial charge in [0, 0.05) is 19.5 Å². The number of nitrogens with two attached hydrogens (primary N) is 3. The number of ether oxygens (including phenoxy) is 1. The van der Waals surface area contributed by atoms with Gasteiger partial charge in [-0.05, 0) is 58.4 Å². The second-order valence-electron chi connectivity index (χ2n) is 10.6. The minimum Gasteiger partial charge on any atom is -0.465 e. The summed E-state index contributed by atoms with van der Waals surface area (Å²) in [5.41, 5.74) is 16.2. The van der Waals surface area contributed by atoms with Crippen LogP contribution in [0, 0.1) is 0 Å². The predicted octanol–water partition coefficient (Wildman–Crippen LogP) is 0.0688. The third kappa shape index (κ3) is 15.9. The molecule has 0 fully saturated rings. The minimum atomic E-state index is -1.16. The lowest BCUT2D eigenvalue weighted by molar-refractivity contribution is -0.132. The summed E-state index contributed by atoms with van der Waals surface area (Å²) in [7, 11) is 0. The molecule has 11 N–H and O–H groups in total. The molecule has 0 aliphatic heterocycles. The Balaban J connectivity index is 3.08. The van der Waals surface area contributed by atoms with Gasteiger partial charge in [-0.15, -0.1) is 0 Å². The van der Waals surface area contributed by atoms with Crippen LogP contribution in [0.3, 0.4) is 0 Å². The summed E-state index contributed by atoms with van der Waals surface area (Å²) in [6.45, 7) is 5.42. The highest BCUT2D eigenvalue weighted by atomic mass is 16.6. The van der Waals surface area contributed by atoms with Crippen molar-refractivity contribution in [2.75, 3.05) is 13.1 Å². The number of alkyl carbamates (subject to hydrolysis) is 1. The Morgan fingerprint density at radius 3 is 2.02 bits per heavy atom. The van der Waals surface area contributed by atoms with Crippen LogP contribution in [0.25, 0.3) is 0 Å². The number of carbonyl (C=O) groups is 5. The van der Waals surface area contributed by atoms with E-state index in [0.717, 1.165) is 5.56 Å². The van der Waals surface area contributed by atoms with Gasteiger partial charge in [-0.2, -0.15) is 0 Å². The topological polar surface area (TPSA) is 253 Å². The molecule has 1 aromatic rings. The minimum absolute atomic E-state index is 0.0829. The molecule has 1 rings (SSSR count). The highest BCUT2D eigenvalue weighted by Crippen LogP contribution is 2.10. The van der Waals surface area contributed by atoms with Crippen LogP contribution in [-0.2, 0) is 25.5 Å². The zero-order valence-corrected chi connectivity index (χ0v) is 24.4. The van der Waals surface area contributed by atoms with Gasteiger partial charge in [-0.3, -0.25) is 19.4 Å². The van der Waals surface area contributed by atoms with Gasteiger partial charge in [0.25, 0.3) is 0 Å². The lowest BCUT2D eigenvalue weighted by Crippen LogP contribution is -2.57. The second-order valence-corrected chi connectivity index (χ2v) is 10.6. The first-order valence-electron chi connectivity index (χ1n) is 13.6. The fourth-order valence-electron chi connectivity index (χ4n) is 3.78. The predicted molar refractivity (Wildman–Crippen MR) is 156 cm³/mol. The molecule has 1 aromatic carbocycles. The summed E-state index contributed by atoms with van der Waals surface area (Å²) in [5.74, 6) is -2.20. The Kier molecular flexibility index (Phi) is 15.2. The summed E-state index contributed by atoms with van der Waals surface area (Å²) in [4.78, 5) is 65.8. The molecule has 0 saturated heterocycles. The number of benzene rings is 1. The number of hydrogen-bond acceptors (Lipinski definition) is 7. The second kappa shape index (κ2) is 18.0. The molecule has 0 aliphatic rings. The molecule has 0 aromatic heterocycles. The summed E-state index contributed by atoms with van der Waals surface area (Å²) in [5, 5.41) is 18.7. The summed E-state index contributed by atoms with van der Waals surface area (Å²) < 4.78 is 5.29. The molecule has 15 heteroatoms. The Hall–Kier alpha value is -4.56. The number of nitrogens with one attached hydrogen (secondary N) is 4. The molecule has 0 saturated carbocycles. The summed E-state index contributed by atoms with van der Waals surface area (Å²) in [6, 6.07) is 5.65. The zero-order chi connectivity index (χ0) is 31.7. The first kappa shape index (κ1) is 35.5. The maximum Gasteiger partial charge on any atom is 0.408 e. The number of carbonyl (C=O) groups excluding carboxylic acids is 4. The van der Waals surface area contributed by atoms with E-state index in [9.17, 15) is 24.0 Å². The zero-order valence-electron chi connectivity index (χ0n) is 24.4. The van der Waals surface area contributed by atoms with E-state index in [4.69, 9.17) is 27.0 Å². The van der Waals surface area contributed by atoms with Crippen molar-refractivity contribution in [2.24, 2.45) is 22.2 Å². The monoisotopic (exact) mass is 592 g/mol. The van der Waals surface area contributed by atoms with Crippen LogP contribution in [-0.4, -0.2) is 77.8 Å². The van der Waals surface area contributed by atoms with Crippen molar-refractivity contribution in [3.63, 3.8) is 0 Å². The number of guanidine groups is 1. The van der Waals surface area contributed by atoms with Crippen LogP contribution in [0.15, 0.2) is 35.3 Å².